The molecule has 0 saturated heterocycles. The first-order chi connectivity index (χ1) is 9.15. The highest BCUT2D eigenvalue weighted by atomic mass is 32.1. The molecule has 3 aromatic heterocycles. The molecule has 0 unspecified atom stereocenters. The second-order valence-electron chi connectivity index (χ2n) is 4.15. The van der Waals surface area contributed by atoms with Crippen molar-refractivity contribution in [3.63, 3.8) is 0 Å². The van der Waals surface area contributed by atoms with Crippen molar-refractivity contribution in [1.82, 2.24) is 29.9 Å². The molecule has 0 radical (unpaired) electrons. The van der Waals surface area contributed by atoms with Gasteiger partial charge in [0.25, 0.3) is 0 Å². The van der Waals surface area contributed by atoms with Gasteiger partial charge in [0.1, 0.15) is 11.2 Å². The molecule has 19 heavy (non-hydrogen) atoms. The molecule has 0 spiro atoms. The zero-order chi connectivity index (χ0) is 13.4. The Morgan fingerprint density at radius 1 is 1.21 bits per heavy atom. The lowest BCUT2D eigenvalue weighted by molar-refractivity contribution is 0.993. The maximum Gasteiger partial charge on any atom is 0.225 e. The topological polar surface area (TPSA) is 86.4 Å². The van der Waals surface area contributed by atoms with Gasteiger partial charge in [0.2, 0.25) is 5.95 Å². The average molecular weight is 273 g/mol. The SMILES string of the molecule is CN(C)c1nccc(-c2nc(=S)c3[nH]cnc3[nH]2)n1. The highest BCUT2D eigenvalue weighted by Crippen LogP contribution is 2.16. The van der Waals surface area contributed by atoms with Crippen molar-refractivity contribution in [3.8, 4) is 11.5 Å². The van der Waals surface area contributed by atoms with E-state index in [4.69, 9.17) is 12.2 Å². The van der Waals surface area contributed by atoms with Gasteiger partial charge in [-0.2, -0.15) is 0 Å². The van der Waals surface area contributed by atoms with E-state index in [-0.39, 0.29) is 0 Å². The fourth-order valence-corrected chi connectivity index (χ4v) is 1.91. The molecule has 2 N–H and O–H groups in total. The number of rotatable bonds is 2. The van der Waals surface area contributed by atoms with Gasteiger partial charge in [0.05, 0.1) is 6.33 Å². The van der Waals surface area contributed by atoms with Crippen LogP contribution in [-0.2, 0) is 0 Å². The summed E-state index contributed by atoms with van der Waals surface area (Å²) in [7, 11) is 3.76. The van der Waals surface area contributed by atoms with Crippen molar-refractivity contribution in [1.29, 1.82) is 0 Å². The molecule has 0 bridgehead atoms. The monoisotopic (exact) mass is 273 g/mol. The average Bonchev–Trinajstić information content (AvgIpc) is 2.87. The molecular formula is C11H11N7S. The van der Waals surface area contributed by atoms with Gasteiger partial charge < -0.3 is 14.9 Å². The fraction of sp³-hybridized carbons (Fsp3) is 0.182. The van der Waals surface area contributed by atoms with Crippen LogP contribution in [0, 0.1) is 4.64 Å². The largest absolute Gasteiger partial charge is 0.347 e. The third-order valence-corrected chi connectivity index (χ3v) is 2.88. The quantitative estimate of drug-likeness (QED) is 0.689. The van der Waals surface area contributed by atoms with E-state index >= 15 is 0 Å². The van der Waals surface area contributed by atoms with E-state index in [0.717, 1.165) is 5.52 Å². The number of fused-ring (bicyclic) bond motifs is 1. The van der Waals surface area contributed by atoms with Gasteiger partial charge in [-0.1, -0.05) is 12.2 Å². The molecule has 3 heterocycles. The summed E-state index contributed by atoms with van der Waals surface area (Å²) in [6.07, 6.45) is 3.26. The van der Waals surface area contributed by atoms with E-state index in [2.05, 4.69) is 29.9 Å². The normalized spacial score (nSPS) is 10.8. The lowest BCUT2D eigenvalue weighted by Crippen LogP contribution is -2.12. The van der Waals surface area contributed by atoms with Crippen LogP contribution in [0.1, 0.15) is 0 Å². The summed E-state index contributed by atoms with van der Waals surface area (Å²) < 4.78 is 0.464. The zero-order valence-electron chi connectivity index (χ0n) is 10.4. The van der Waals surface area contributed by atoms with Crippen molar-refractivity contribution < 1.29 is 0 Å². The molecule has 0 aliphatic carbocycles. The summed E-state index contributed by atoms with van der Waals surface area (Å²) in [5, 5.41) is 0. The Balaban J connectivity index is 2.18. The molecule has 8 heteroatoms. The minimum Gasteiger partial charge on any atom is -0.347 e. The zero-order valence-corrected chi connectivity index (χ0v) is 11.2. The lowest BCUT2D eigenvalue weighted by Gasteiger charge is -2.10. The summed E-state index contributed by atoms with van der Waals surface area (Å²) in [6, 6.07) is 1.78. The molecule has 3 aromatic rings. The Labute approximate surface area is 113 Å². The first kappa shape index (κ1) is 11.7. The summed E-state index contributed by atoms with van der Waals surface area (Å²) in [5.74, 6) is 1.19. The van der Waals surface area contributed by atoms with Crippen molar-refractivity contribution in [2.75, 3.05) is 19.0 Å². The van der Waals surface area contributed by atoms with Gasteiger partial charge >= 0.3 is 0 Å². The van der Waals surface area contributed by atoms with Gasteiger partial charge in [0.15, 0.2) is 16.1 Å². The Kier molecular flexibility index (Phi) is 2.71. The molecule has 0 aliphatic heterocycles. The highest BCUT2D eigenvalue weighted by molar-refractivity contribution is 7.71. The van der Waals surface area contributed by atoms with Gasteiger partial charge in [-0.3, -0.25) is 0 Å². The van der Waals surface area contributed by atoms with Crippen LogP contribution in [0.4, 0.5) is 5.95 Å². The van der Waals surface area contributed by atoms with Crippen LogP contribution >= 0.6 is 12.2 Å². The van der Waals surface area contributed by atoms with Crippen LogP contribution < -0.4 is 4.90 Å². The molecule has 0 saturated carbocycles. The molecule has 0 amide bonds. The molecule has 3 rings (SSSR count). The second kappa shape index (κ2) is 4.39. The first-order valence-electron chi connectivity index (χ1n) is 5.59. The van der Waals surface area contributed by atoms with Gasteiger partial charge in [0, 0.05) is 20.3 Å². The van der Waals surface area contributed by atoms with Gasteiger partial charge in [-0.05, 0) is 6.07 Å². The van der Waals surface area contributed by atoms with E-state index in [1.165, 1.54) is 0 Å². The Hall–Kier alpha value is -2.35. The van der Waals surface area contributed by atoms with E-state index in [9.17, 15) is 0 Å². The Morgan fingerprint density at radius 2 is 2.05 bits per heavy atom. The number of anilines is 1. The third kappa shape index (κ3) is 2.06. The van der Waals surface area contributed by atoms with Crippen LogP contribution in [0.5, 0.6) is 0 Å². The molecule has 0 aliphatic rings. The van der Waals surface area contributed by atoms with E-state index < -0.39 is 0 Å². The maximum atomic E-state index is 5.22. The second-order valence-corrected chi connectivity index (χ2v) is 4.54. The van der Waals surface area contributed by atoms with Crippen LogP contribution in [-0.4, -0.2) is 44.0 Å². The molecular weight excluding hydrogens is 262 g/mol. The Bertz CT molecular complexity index is 789. The molecule has 0 aromatic carbocycles. The van der Waals surface area contributed by atoms with Gasteiger partial charge in [-0.15, -0.1) is 0 Å². The summed E-state index contributed by atoms with van der Waals surface area (Å²) in [6.45, 7) is 0. The smallest absolute Gasteiger partial charge is 0.225 e. The number of aromatic nitrogens is 6. The highest BCUT2D eigenvalue weighted by Gasteiger charge is 2.08. The summed E-state index contributed by atoms with van der Waals surface area (Å²) in [5.41, 5.74) is 2.07. The predicted octanol–water partition coefficient (Wildman–Crippen LogP) is 1.54. The maximum absolute atomic E-state index is 5.22. The van der Waals surface area contributed by atoms with Crippen LogP contribution in [0.2, 0.25) is 0 Å². The third-order valence-electron chi connectivity index (χ3n) is 2.59. The van der Waals surface area contributed by atoms with Crippen molar-refractivity contribution in [2.24, 2.45) is 0 Å². The first-order valence-corrected chi connectivity index (χ1v) is 6.00. The predicted molar refractivity (Wildman–Crippen MR) is 74.4 cm³/mol. The minimum atomic E-state index is 0.464. The van der Waals surface area contributed by atoms with E-state index in [0.29, 0.717) is 27.8 Å². The molecule has 7 nitrogen and oxygen atoms in total. The van der Waals surface area contributed by atoms with Crippen LogP contribution in [0.3, 0.4) is 0 Å². The van der Waals surface area contributed by atoms with Crippen LogP contribution in [0.25, 0.3) is 22.7 Å². The fourth-order valence-electron chi connectivity index (χ4n) is 1.67. The molecule has 0 fully saturated rings. The number of hydrogen-bond donors (Lipinski definition) is 2. The number of H-pyrrole nitrogens is 2. The minimum absolute atomic E-state index is 0.464. The van der Waals surface area contributed by atoms with Crippen molar-refractivity contribution >= 4 is 29.3 Å². The van der Waals surface area contributed by atoms with Crippen molar-refractivity contribution in [2.45, 2.75) is 0 Å². The molecule has 96 valence electrons. The molecule has 0 atom stereocenters. The summed E-state index contributed by atoms with van der Waals surface area (Å²) >= 11 is 5.22. The van der Waals surface area contributed by atoms with Gasteiger partial charge in [-0.25, -0.2) is 19.9 Å². The van der Waals surface area contributed by atoms with E-state index in [1.54, 1.807) is 18.6 Å². The number of aromatic amines is 2. The Morgan fingerprint density at radius 3 is 2.84 bits per heavy atom. The number of imidazole rings is 1. The summed E-state index contributed by atoms with van der Waals surface area (Å²) in [4.78, 5) is 24.9. The number of hydrogen-bond acceptors (Lipinski definition) is 6. The number of nitrogens with one attached hydrogen (secondary N) is 2. The van der Waals surface area contributed by atoms with Crippen LogP contribution in [0.15, 0.2) is 18.6 Å². The number of nitrogens with zero attached hydrogens (tertiary/aromatic N) is 5. The van der Waals surface area contributed by atoms with Crippen molar-refractivity contribution in [3.05, 3.63) is 23.2 Å². The van der Waals surface area contributed by atoms with E-state index in [1.807, 2.05) is 19.0 Å². The lowest BCUT2D eigenvalue weighted by atomic mass is 10.3. The standard InChI is InChI=1S/C11H11N7S/c1-18(2)11-12-4-3-6(15-11)8-16-9-7(10(19)17-8)13-5-14-9/h3-5H,1-2H3,(H2,13,14,16,17,19).